The van der Waals surface area contributed by atoms with Crippen LogP contribution in [0.5, 0.6) is 5.75 Å². The Labute approximate surface area is 163 Å². The van der Waals surface area contributed by atoms with E-state index in [9.17, 15) is 0 Å². The fourth-order valence-corrected chi connectivity index (χ4v) is 2.88. The highest BCUT2D eigenvalue weighted by Gasteiger charge is 2.15. The Morgan fingerprint density at radius 3 is 2.71 bits per heavy atom. The summed E-state index contributed by atoms with van der Waals surface area (Å²) < 4.78 is 5.62. The van der Waals surface area contributed by atoms with Gasteiger partial charge in [0.05, 0.1) is 12.6 Å². The molecule has 1 aliphatic heterocycles. The lowest BCUT2D eigenvalue weighted by molar-refractivity contribution is 0.189. The van der Waals surface area contributed by atoms with Crippen LogP contribution in [0.15, 0.2) is 29.3 Å². The molecule has 0 aromatic heterocycles. The third-order valence-corrected chi connectivity index (χ3v) is 3.94. The number of benzene rings is 1. The van der Waals surface area contributed by atoms with E-state index in [1.165, 1.54) is 25.9 Å². The molecule has 1 aromatic carbocycles. The smallest absolute Gasteiger partial charge is 0.193 e. The first-order valence-corrected chi connectivity index (χ1v) is 8.59. The van der Waals surface area contributed by atoms with Gasteiger partial charge in [-0.25, -0.2) is 0 Å². The summed E-state index contributed by atoms with van der Waals surface area (Å²) in [5.74, 6) is 2.13. The van der Waals surface area contributed by atoms with Crippen LogP contribution in [0.25, 0.3) is 0 Å². The second kappa shape index (κ2) is 10.8. The molecule has 0 amide bonds. The van der Waals surface area contributed by atoms with Gasteiger partial charge in [-0.2, -0.15) is 0 Å². The highest BCUT2D eigenvalue weighted by molar-refractivity contribution is 14.0. The number of piperidine rings is 1. The first kappa shape index (κ1) is 21.0. The van der Waals surface area contributed by atoms with Gasteiger partial charge in [0, 0.05) is 18.8 Å². The van der Waals surface area contributed by atoms with Crippen LogP contribution in [0.3, 0.4) is 0 Å². The average molecular weight is 446 g/mol. The lowest BCUT2D eigenvalue weighted by Gasteiger charge is -2.30. The fourth-order valence-electron chi connectivity index (χ4n) is 2.88. The quantitative estimate of drug-likeness (QED) is 0.399. The Bertz CT molecular complexity index is 504. The third kappa shape index (κ3) is 7.70. The predicted molar refractivity (Wildman–Crippen MR) is 113 cm³/mol. The van der Waals surface area contributed by atoms with Gasteiger partial charge in [-0.1, -0.05) is 6.92 Å². The zero-order valence-corrected chi connectivity index (χ0v) is 17.3. The molecular formula is C18H31IN4O. The molecule has 136 valence electrons. The number of nitrogens with two attached hydrogens (primary N) is 1. The average Bonchev–Trinajstić information content (AvgIpc) is 2.49. The molecule has 0 saturated carbocycles. The summed E-state index contributed by atoms with van der Waals surface area (Å²) in [5.41, 5.74) is 6.88. The molecule has 0 aliphatic carbocycles. The molecule has 1 atom stereocenters. The second-order valence-corrected chi connectivity index (χ2v) is 6.63. The molecule has 0 radical (unpaired) electrons. The maximum absolute atomic E-state index is 5.96. The number of nitrogens with one attached hydrogen (secondary N) is 1. The number of rotatable bonds is 6. The highest BCUT2D eigenvalue weighted by Crippen LogP contribution is 2.17. The topological polar surface area (TPSA) is 62.9 Å². The molecule has 1 unspecified atom stereocenters. The lowest BCUT2D eigenvalue weighted by atomic mass is 10.0. The summed E-state index contributed by atoms with van der Waals surface area (Å²) in [6.45, 7) is 10.4. The SMILES string of the molecule is CC1CCCN(CCN=C(N)Nc2ccc(OC(C)C)cc2)C1.I. The van der Waals surface area contributed by atoms with Gasteiger partial charge in [-0.05, 0) is 63.4 Å². The van der Waals surface area contributed by atoms with E-state index in [4.69, 9.17) is 10.5 Å². The monoisotopic (exact) mass is 446 g/mol. The van der Waals surface area contributed by atoms with Crippen molar-refractivity contribution in [3.8, 4) is 5.75 Å². The number of hydrogen-bond acceptors (Lipinski definition) is 3. The molecule has 6 heteroatoms. The molecule has 1 heterocycles. The van der Waals surface area contributed by atoms with E-state index in [1.54, 1.807) is 0 Å². The van der Waals surface area contributed by atoms with Crippen LogP contribution in [0.2, 0.25) is 0 Å². The van der Waals surface area contributed by atoms with E-state index >= 15 is 0 Å². The minimum Gasteiger partial charge on any atom is -0.491 e. The number of hydrogen-bond donors (Lipinski definition) is 2. The van der Waals surface area contributed by atoms with Gasteiger partial charge in [0.2, 0.25) is 0 Å². The van der Waals surface area contributed by atoms with Gasteiger partial charge in [-0.15, -0.1) is 24.0 Å². The highest BCUT2D eigenvalue weighted by atomic mass is 127. The molecule has 3 N–H and O–H groups in total. The van der Waals surface area contributed by atoms with Crippen LogP contribution in [0.1, 0.15) is 33.6 Å². The van der Waals surface area contributed by atoms with Crippen molar-refractivity contribution in [1.29, 1.82) is 0 Å². The van der Waals surface area contributed by atoms with Gasteiger partial charge < -0.3 is 20.7 Å². The Morgan fingerprint density at radius 1 is 1.38 bits per heavy atom. The summed E-state index contributed by atoms with van der Waals surface area (Å²) >= 11 is 0. The predicted octanol–water partition coefficient (Wildman–Crippen LogP) is 3.55. The van der Waals surface area contributed by atoms with E-state index < -0.39 is 0 Å². The van der Waals surface area contributed by atoms with Gasteiger partial charge in [0.25, 0.3) is 0 Å². The second-order valence-electron chi connectivity index (χ2n) is 6.63. The molecule has 1 fully saturated rings. The largest absolute Gasteiger partial charge is 0.491 e. The Hall–Kier alpha value is -1.02. The first-order chi connectivity index (χ1) is 11.0. The molecule has 1 aliphatic rings. The van der Waals surface area contributed by atoms with Crippen molar-refractivity contribution < 1.29 is 4.74 Å². The molecule has 0 bridgehead atoms. The number of halogens is 1. The number of anilines is 1. The van der Waals surface area contributed by atoms with Crippen molar-refractivity contribution in [3.05, 3.63) is 24.3 Å². The van der Waals surface area contributed by atoms with Gasteiger partial charge in [0.15, 0.2) is 5.96 Å². The minimum absolute atomic E-state index is 0. The van der Waals surface area contributed by atoms with Crippen molar-refractivity contribution in [2.75, 3.05) is 31.5 Å². The van der Waals surface area contributed by atoms with Crippen molar-refractivity contribution in [2.45, 2.75) is 39.7 Å². The molecular weight excluding hydrogens is 415 g/mol. The standard InChI is InChI=1S/C18H30N4O.HI/c1-14(2)23-17-8-6-16(7-9-17)21-18(19)20-10-12-22-11-4-5-15(3)13-22;/h6-9,14-15H,4-5,10-13H2,1-3H3,(H3,19,20,21);1H. The van der Waals surface area contributed by atoms with Crippen LogP contribution in [-0.4, -0.2) is 43.1 Å². The molecule has 24 heavy (non-hydrogen) atoms. The summed E-state index contributed by atoms with van der Waals surface area (Å²) in [6, 6.07) is 7.77. The molecule has 2 rings (SSSR count). The molecule has 5 nitrogen and oxygen atoms in total. The maximum Gasteiger partial charge on any atom is 0.193 e. The molecule has 1 saturated heterocycles. The minimum atomic E-state index is 0. The van der Waals surface area contributed by atoms with Crippen LogP contribution in [-0.2, 0) is 0 Å². The Kier molecular flexibility index (Phi) is 9.43. The summed E-state index contributed by atoms with van der Waals surface area (Å²) in [4.78, 5) is 6.89. The fraction of sp³-hybridized carbons (Fsp3) is 0.611. The normalized spacial score (nSPS) is 19.0. The van der Waals surface area contributed by atoms with Crippen LogP contribution < -0.4 is 15.8 Å². The van der Waals surface area contributed by atoms with E-state index in [1.807, 2.05) is 38.1 Å². The third-order valence-electron chi connectivity index (χ3n) is 3.94. The number of likely N-dealkylation sites (tertiary alicyclic amines) is 1. The number of guanidine groups is 1. The number of aliphatic imine (C=N–C) groups is 1. The lowest BCUT2D eigenvalue weighted by Crippen LogP contribution is -2.36. The van der Waals surface area contributed by atoms with Gasteiger partial charge in [0.1, 0.15) is 5.75 Å². The van der Waals surface area contributed by atoms with Crippen molar-refractivity contribution in [1.82, 2.24) is 4.90 Å². The molecule has 0 spiro atoms. The van der Waals surface area contributed by atoms with Crippen LogP contribution in [0.4, 0.5) is 5.69 Å². The first-order valence-electron chi connectivity index (χ1n) is 8.59. The Morgan fingerprint density at radius 2 is 2.08 bits per heavy atom. The molecule has 1 aromatic rings. The Balaban J connectivity index is 0.00000288. The summed E-state index contributed by atoms with van der Waals surface area (Å²) in [6.07, 6.45) is 2.82. The van der Waals surface area contributed by atoms with E-state index in [0.717, 1.165) is 30.4 Å². The van der Waals surface area contributed by atoms with Crippen molar-refractivity contribution in [2.24, 2.45) is 16.6 Å². The van der Waals surface area contributed by atoms with E-state index in [0.29, 0.717) is 5.96 Å². The summed E-state index contributed by atoms with van der Waals surface area (Å²) in [5, 5.41) is 3.12. The van der Waals surface area contributed by atoms with E-state index in [-0.39, 0.29) is 30.1 Å². The van der Waals surface area contributed by atoms with E-state index in [2.05, 4.69) is 22.1 Å². The number of ether oxygens (including phenoxy) is 1. The van der Waals surface area contributed by atoms with Crippen LogP contribution in [0, 0.1) is 5.92 Å². The maximum atomic E-state index is 5.96. The zero-order chi connectivity index (χ0) is 16.7. The van der Waals surface area contributed by atoms with Gasteiger partial charge >= 0.3 is 0 Å². The summed E-state index contributed by atoms with van der Waals surface area (Å²) in [7, 11) is 0. The zero-order valence-electron chi connectivity index (χ0n) is 15.0. The van der Waals surface area contributed by atoms with Crippen LogP contribution >= 0.6 is 24.0 Å². The number of nitrogens with zero attached hydrogens (tertiary/aromatic N) is 2. The van der Waals surface area contributed by atoms with Crippen molar-refractivity contribution in [3.63, 3.8) is 0 Å². The van der Waals surface area contributed by atoms with Gasteiger partial charge in [-0.3, -0.25) is 4.99 Å². The van der Waals surface area contributed by atoms with Crippen molar-refractivity contribution >= 4 is 35.6 Å².